The number of nitrogens with one attached hydrogen (secondary N) is 1. The lowest BCUT2D eigenvalue weighted by molar-refractivity contribution is -0.117. The minimum absolute atomic E-state index is 0.193. The van der Waals surface area contributed by atoms with Gasteiger partial charge < -0.3 is 30.1 Å². The minimum atomic E-state index is -4.74. The van der Waals surface area contributed by atoms with Crippen LogP contribution in [-0.4, -0.2) is 43.6 Å². The van der Waals surface area contributed by atoms with E-state index in [1.807, 2.05) is 0 Å². The molecule has 0 aliphatic carbocycles. The first kappa shape index (κ1) is 19.7. The highest BCUT2D eigenvalue weighted by Gasteiger charge is 2.53. The number of ether oxygens (including phenoxy) is 1. The van der Waals surface area contributed by atoms with E-state index >= 15 is 0 Å². The van der Waals surface area contributed by atoms with Crippen molar-refractivity contribution in [1.82, 2.24) is 9.88 Å². The van der Waals surface area contributed by atoms with Crippen LogP contribution in [0.2, 0.25) is 0 Å². The zero-order chi connectivity index (χ0) is 20.0. The molecule has 3 heterocycles. The zero-order valence-corrected chi connectivity index (χ0v) is 15.5. The topological polar surface area (TPSA) is 150 Å². The number of hydrogen-bond donors (Lipinski definition) is 5. The first-order valence-corrected chi connectivity index (χ1v) is 9.74. The van der Waals surface area contributed by atoms with Crippen molar-refractivity contribution in [3.05, 3.63) is 35.4 Å². The number of amides is 1. The molecule has 2 aliphatic rings. The van der Waals surface area contributed by atoms with E-state index in [9.17, 15) is 19.6 Å². The summed E-state index contributed by atoms with van der Waals surface area (Å²) in [7, 11) is -4.74. The molecule has 1 amide bonds. The smallest absolute Gasteiger partial charge is 0.469 e. The van der Waals surface area contributed by atoms with Crippen molar-refractivity contribution in [2.45, 2.75) is 31.6 Å². The van der Waals surface area contributed by atoms with Crippen LogP contribution in [0.25, 0.3) is 0 Å². The Hall–Kier alpha value is -2.10. The van der Waals surface area contributed by atoms with E-state index in [0.717, 1.165) is 0 Å². The molecular formula is C16H21N2O8P. The van der Waals surface area contributed by atoms with Crippen LogP contribution in [0.3, 0.4) is 0 Å². The number of carbonyl (C=O) groups excluding carboxylic acids is 1. The molecular weight excluding hydrogens is 379 g/mol. The molecule has 11 heteroatoms. The summed E-state index contributed by atoms with van der Waals surface area (Å²) in [5.74, 6) is -0.737. The summed E-state index contributed by atoms with van der Waals surface area (Å²) < 4.78 is 22.6. The van der Waals surface area contributed by atoms with Crippen LogP contribution >= 0.6 is 7.82 Å². The highest BCUT2D eigenvalue weighted by Crippen LogP contribution is 2.58. The first-order chi connectivity index (χ1) is 12.6. The van der Waals surface area contributed by atoms with Gasteiger partial charge in [-0.05, 0) is 19.4 Å². The average molecular weight is 400 g/mol. The van der Waals surface area contributed by atoms with Crippen molar-refractivity contribution in [3.63, 3.8) is 0 Å². The third kappa shape index (κ3) is 3.54. The van der Waals surface area contributed by atoms with Crippen LogP contribution in [0.4, 0.5) is 0 Å². The van der Waals surface area contributed by atoms with E-state index in [-0.39, 0.29) is 29.8 Å². The number of nitrogens with zero attached hydrogens (tertiary/aromatic N) is 1. The molecule has 2 bridgehead atoms. The lowest BCUT2D eigenvalue weighted by Crippen LogP contribution is -2.27. The van der Waals surface area contributed by atoms with Gasteiger partial charge in [-0.3, -0.25) is 13.9 Å². The Labute approximate surface area is 155 Å². The van der Waals surface area contributed by atoms with E-state index in [2.05, 4.69) is 16.4 Å². The van der Waals surface area contributed by atoms with Gasteiger partial charge in [0.1, 0.15) is 11.7 Å². The quantitative estimate of drug-likeness (QED) is 0.187. The number of carbonyl (C=O) groups is 1. The largest absolute Gasteiger partial charge is 0.494 e. The Kier molecular flexibility index (Phi) is 4.96. The van der Waals surface area contributed by atoms with Crippen LogP contribution in [-0.2, 0) is 30.8 Å². The van der Waals surface area contributed by atoms with Crippen molar-refractivity contribution >= 4 is 13.7 Å². The molecule has 27 heavy (non-hydrogen) atoms. The number of fused-ring (bicyclic) bond motifs is 5. The molecule has 0 saturated heterocycles. The van der Waals surface area contributed by atoms with Crippen molar-refractivity contribution in [2.75, 3.05) is 13.2 Å². The molecule has 0 aromatic carbocycles. The average Bonchev–Trinajstić information content (AvgIpc) is 3.21. The third-order valence-corrected chi connectivity index (χ3v) is 4.97. The number of hydrogen-bond acceptors (Lipinski definition) is 6. The van der Waals surface area contributed by atoms with Crippen molar-refractivity contribution in [3.8, 4) is 11.8 Å². The number of aromatic hydroxyl groups is 2. The molecule has 0 spiro atoms. The molecule has 10 nitrogen and oxygen atoms in total. The van der Waals surface area contributed by atoms with Gasteiger partial charge in [0, 0.05) is 18.7 Å². The monoisotopic (exact) mass is 400 g/mol. The molecule has 0 radical (unpaired) electrons. The predicted molar refractivity (Wildman–Crippen MR) is 92.8 cm³/mol. The zero-order valence-electron chi connectivity index (χ0n) is 14.6. The molecule has 3 rings (SSSR count). The van der Waals surface area contributed by atoms with Gasteiger partial charge >= 0.3 is 7.82 Å². The van der Waals surface area contributed by atoms with E-state index in [1.54, 1.807) is 19.1 Å². The summed E-state index contributed by atoms with van der Waals surface area (Å²) >= 11 is 0. The first-order valence-electron chi connectivity index (χ1n) is 8.21. The molecule has 2 unspecified atom stereocenters. The van der Waals surface area contributed by atoms with Crippen molar-refractivity contribution in [1.29, 1.82) is 0 Å². The van der Waals surface area contributed by atoms with Gasteiger partial charge in [-0.25, -0.2) is 4.57 Å². The van der Waals surface area contributed by atoms with Crippen LogP contribution in [0.15, 0.2) is 24.3 Å². The lowest BCUT2D eigenvalue weighted by atomic mass is 9.90. The number of phosphoric ester groups is 1. The predicted octanol–water partition coefficient (Wildman–Crippen LogP) is 0.927. The van der Waals surface area contributed by atoms with Gasteiger partial charge in [0.25, 0.3) is 0 Å². The van der Waals surface area contributed by atoms with Crippen molar-refractivity contribution in [2.24, 2.45) is 0 Å². The summed E-state index contributed by atoms with van der Waals surface area (Å²) in [5.41, 5.74) is -0.420. The second-order valence-corrected chi connectivity index (χ2v) is 7.77. The molecule has 148 valence electrons. The second kappa shape index (κ2) is 6.81. The van der Waals surface area contributed by atoms with Gasteiger partial charge in [-0.1, -0.05) is 12.7 Å². The second-order valence-electron chi connectivity index (χ2n) is 6.53. The van der Waals surface area contributed by atoms with Gasteiger partial charge in [-0.2, -0.15) is 0 Å². The third-order valence-electron chi connectivity index (χ3n) is 4.51. The Morgan fingerprint density at radius 3 is 2.78 bits per heavy atom. The summed E-state index contributed by atoms with van der Waals surface area (Å²) in [6, 6.07) is 0. The van der Waals surface area contributed by atoms with E-state index in [0.29, 0.717) is 24.1 Å². The van der Waals surface area contributed by atoms with Crippen LogP contribution in [0, 0.1) is 0 Å². The van der Waals surface area contributed by atoms with E-state index in [1.165, 1.54) is 4.57 Å². The number of rotatable bonds is 8. The van der Waals surface area contributed by atoms with Gasteiger partial charge in [0.15, 0.2) is 0 Å². The summed E-state index contributed by atoms with van der Waals surface area (Å²) in [6.45, 7) is 5.14. The normalized spacial score (nSPS) is 22.9. The van der Waals surface area contributed by atoms with E-state index < -0.39 is 26.1 Å². The summed E-state index contributed by atoms with van der Waals surface area (Å²) in [4.78, 5) is 29.4. The minimum Gasteiger partial charge on any atom is -0.494 e. The molecule has 5 N–H and O–H groups in total. The fraction of sp³-hybridized carbons (Fsp3) is 0.438. The van der Waals surface area contributed by atoms with Crippen LogP contribution < -0.4 is 5.32 Å². The molecule has 1 aromatic heterocycles. The van der Waals surface area contributed by atoms with Gasteiger partial charge in [0.05, 0.1) is 17.7 Å². The van der Waals surface area contributed by atoms with Crippen LogP contribution in [0.5, 0.6) is 11.8 Å². The fourth-order valence-corrected chi connectivity index (χ4v) is 3.64. The Morgan fingerprint density at radius 2 is 2.15 bits per heavy atom. The summed E-state index contributed by atoms with van der Waals surface area (Å²) in [5, 5.41) is 23.7. The Morgan fingerprint density at radius 1 is 1.44 bits per heavy atom. The Bertz CT molecular complexity index is 870. The highest BCUT2D eigenvalue weighted by atomic mass is 31.2. The van der Waals surface area contributed by atoms with Crippen LogP contribution in [0.1, 0.15) is 30.6 Å². The van der Waals surface area contributed by atoms with Crippen molar-refractivity contribution < 1.29 is 38.6 Å². The number of aromatic nitrogens is 1. The maximum atomic E-state index is 11.5. The Balaban J connectivity index is 1.77. The molecule has 0 saturated carbocycles. The fourth-order valence-electron chi connectivity index (χ4n) is 3.28. The van der Waals surface area contributed by atoms with Gasteiger partial charge in [0.2, 0.25) is 17.7 Å². The van der Waals surface area contributed by atoms with E-state index in [4.69, 9.17) is 14.5 Å². The maximum absolute atomic E-state index is 11.5. The summed E-state index contributed by atoms with van der Waals surface area (Å²) in [6.07, 6.45) is 2.96. The standard InChI is InChI=1S/C16H21N2O8P/c1-9(2)13(19)17-6-3-7-18-14(20)11-10-4-5-16(26-10,12(11)15(18)21)8-25-27(22,23)24/h4-5,10,20-21H,1,3,6-8H2,2H3,(H,17,19)(H2,22,23,24). The highest BCUT2D eigenvalue weighted by molar-refractivity contribution is 7.46. The van der Waals surface area contributed by atoms with Gasteiger partial charge in [-0.15, -0.1) is 0 Å². The molecule has 0 fully saturated rings. The molecule has 2 atom stereocenters. The number of phosphoric acid groups is 1. The molecule has 1 aromatic rings. The lowest BCUT2D eigenvalue weighted by Gasteiger charge is -2.24. The SMILES string of the molecule is C=C(C)C(=O)NCCCn1c(O)c2c(c1O)C1(COP(=O)(O)O)C=CC2O1. The molecule has 2 aliphatic heterocycles. The maximum Gasteiger partial charge on any atom is 0.469 e.